The Morgan fingerprint density at radius 1 is 0.750 bits per heavy atom. The molecule has 0 aliphatic carbocycles. The van der Waals surface area contributed by atoms with E-state index in [9.17, 15) is 9.59 Å². The van der Waals surface area contributed by atoms with Crippen LogP contribution in [0.1, 0.15) is 55.4 Å². The zero-order chi connectivity index (χ0) is 16.1. The molecule has 0 bridgehead atoms. The van der Waals surface area contributed by atoms with Gasteiger partial charge in [0.1, 0.15) is 0 Å². The highest BCUT2D eigenvalue weighted by atomic mass is 16.5. The van der Waals surface area contributed by atoms with Gasteiger partial charge in [0.15, 0.2) is 0 Å². The number of carbonyl (C=O) groups is 2. The predicted octanol–water partition coefficient (Wildman–Crippen LogP) is 3.44. The van der Waals surface area contributed by atoms with Crippen LogP contribution < -0.4 is 0 Å². The second-order valence-corrected chi connectivity index (χ2v) is 7.91. The molecule has 0 aliphatic heterocycles. The van der Waals surface area contributed by atoms with Crippen molar-refractivity contribution in [1.82, 2.24) is 0 Å². The molecule has 0 heterocycles. The molecule has 0 aliphatic rings. The standard InChI is InChI=1S/C16H30O4/c1-11(13(17)19-9-15(3,4)5)12(2)14(18)20-10-16(6,7)8/h11-12H,9-10H2,1-8H3. The van der Waals surface area contributed by atoms with Crippen molar-refractivity contribution in [3.8, 4) is 0 Å². The summed E-state index contributed by atoms with van der Waals surface area (Å²) in [5, 5.41) is 0. The first-order chi connectivity index (χ1) is 8.83. The van der Waals surface area contributed by atoms with E-state index in [1.807, 2.05) is 41.5 Å². The molecular formula is C16H30O4. The molecule has 0 amide bonds. The highest BCUT2D eigenvalue weighted by molar-refractivity contribution is 5.81. The summed E-state index contributed by atoms with van der Waals surface area (Å²) in [5.41, 5.74) is -0.156. The quantitative estimate of drug-likeness (QED) is 0.726. The first kappa shape index (κ1) is 18.9. The van der Waals surface area contributed by atoms with Crippen molar-refractivity contribution in [2.45, 2.75) is 55.4 Å². The van der Waals surface area contributed by atoms with Crippen LogP contribution in [0.5, 0.6) is 0 Å². The third-order valence-corrected chi connectivity index (χ3v) is 2.79. The van der Waals surface area contributed by atoms with Gasteiger partial charge in [0.05, 0.1) is 25.0 Å². The van der Waals surface area contributed by atoms with Crippen molar-refractivity contribution in [3.63, 3.8) is 0 Å². The molecule has 118 valence electrons. The van der Waals surface area contributed by atoms with Crippen molar-refractivity contribution < 1.29 is 19.1 Å². The molecule has 4 nitrogen and oxygen atoms in total. The monoisotopic (exact) mass is 286 g/mol. The van der Waals surface area contributed by atoms with Gasteiger partial charge in [-0.1, -0.05) is 55.4 Å². The van der Waals surface area contributed by atoms with E-state index >= 15 is 0 Å². The van der Waals surface area contributed by atoms with Crippen LogP contribution in [-0.2, 0) is 19.1 Å². The summed E-state index contributed by atoms with van der Waals surface area (Å²) in [4.78, 5) is 23.8. The van der Waals surface area contributed by atoms with E-state index in [0.29, 0.717) is 13.2 Å². The number of ether oxygens (including phenoxy) is 2. The lowest BCUT2D eigenvalue weighted by Crippen LogP contribution is -2.31. The minimum atomic E-state index is -0.496. The van der Waals surface area contributed by atoms with E-state index in [1.165, 1.54) is 0 Å². The van der Waals surface area contributed by atoms with E-state index in [0.717, 1.165) is 0 Å². The molecule has 0 rings (SSSR count). The van der Waals surface area contributed by atoms with Crippen LogP contribution in [0.2, 0.25) is 0 Å². The maximum absolute atomic E-state index is 11.9. The van der Waals surface area contributed by atoms with E-state index in [1.54, 1.807) is 13.8 Å². The van der Waals surface area contributed by atoms with Crippen molar-refractivity contribution in [2.75, 3.05) is 13.2 Å². The van der Waals surface area contributed by atoms with E-state index < -0.39 is 11.8 Å². The molecule has 0 fully saturated rings. The van der Waals surface area contributed by atoms with Gasteiger partial charge in [-0.15, -0.1) is 0 Å². The van der Waals surface area contributed by atoms with Crippen molar-refractivity contribution in [2.24, 2.45) is 22.7 Å². The van der Waals surface area contributed by atoms with Crippen LogP contribution in [0.3, 0.4) is 0 Å². The predicted molar refractivity (Wildman–Crippen MR) is 79.2 cm³/mol. The maximum atomic E-state index is 11.9. The first-order valence-corrected chi connectivity index (χ1v) is 7.17. The molecule has 0 saturated heterocycles. The van der Waals surface area contributed by atoms with Gasteiger partial charge >= 0.3 is 11.9 Å². The lowest BCUT2D eigenvalue weighted by Gasteiger charge is -2.23. The minimum absolute atomic E-state index is 0.0780. The summed E-state index contributed by atoms with van der Waals surface area (Å²) in [6, 6.07) is 0. The zero-order valence-electron chi connectivity index (χ0n) is 14.2. The lowest BCUT2D eigenvalue weighted by molar-refractivity contribution is -0.162. The van der Waals surface area contributed by atoms with E-state index in [-0.39, 0.29) is 22.8 Å². The van der Waals surface area contributed by atoms with Crippen molar-refractivity contribution in [1.29, 1.82) is 0 Å². The molecule has 0 aromatic rings. The van der Waals surface area contributed by atoms with E-state index in [2.05, 4.69) is 0 Å². The fraction of sp³-hybridized carbons (Fsp3) is 0.875. The van der Waals surface area contributed by atoms with Crippen molar-refractivity contribution >= 4 is 11.9 Å². The smallest absolute Gasteiger partial charge is 0.309 e. The Hall–Kier alpha value is -1.06. The summed E-state index contributed by atoms with van der Waals surface area (Å²) in [5.74, 6) is -1.69. The van der Waals surface area contributed by atoms with Crippen LogP contribution in [-0.4, -0.2) is 25.2 Å². The average Bonchev–Trinajstić information content (AvgIpc) is 2.29. The van der Waals surface area contributed by atoms with Gasteiger partial charge < -0.3 is 9.47 Å². The highest BCUT2D eigenvalue weighted by Crippen LogP contribution is 2.20. The third kappa shape index (κ3) is 8.18. The van der Waals surface area contributed by atoms with Gasteiger partial charge in [-0.05, 0) is 10.8 Å². The molecule has 0 aromatic carbocycles. The van der Waals surface area contributed by atoms with Crippen molar-refractivity contribution in [3.05, 3.63) is 0 Å². The largest absolute Gasteiger partial charge is 0.465 e. The summed E-state index contributed by atoms with van der Waals surface area (Å²) in [6.45, 7) is 16.1. The van der Waals surface area contributed by atoms with Gasteiger partial charge in [0.25, 0.3) is 0 Å². The first-order valence-electron chi connectivity index (χ1n) is 7.17. The second-order valence-electron chi connectivity index (χ2n) is 7.91. The minimum Gasteiger partial charge on any atom is -0.465 e. The number of hydrogen-bond donors (Lipinski definition) is 0. The number of esters is 2. The topological polar surface area (TPSA) is 52.6 Å². The normalized spacial score (nSPS) is 15.4. The third-order valence-electron chi connectivity index (χ3n) is 2.79. The second kappa shape index (κ2) is 7.09. The number of carbonyl (C=O) groups excluding carboxylic acids is 2. The summed E-state index contributed by atoms with van der Waals surface area (Å²) in [7, 11) is 0. The Bertz CT molecular complexity index is 299. The fourth-order valence-corrected chi connectivity index (χ4v) is 1.25. The van der Waals surface area contributed by atoms with Crippen LogP contribution in [0.4, 0.5) is 0 Å². The molecule has 20 heavy (non-hydrogen) atoms. The SMILES string of the molecule is CC(C(=O)OCC(C)(C)C)C(C)C(=O)OCC(C)(C)C. The molecule has 0 saturated carbocycles. The van der Waals surface area contributed by atoms with E-state index in [4.69, 9.17) is 9.47 Å². The zero-order valence-corrected chi connectivity index (χ0v) is 14.2. The van der Waals surface area contributed by atoms with Gasteiger partial charge in [0.2, 0.25) is 0 Å². The Morgan fingerprint density at radius 2 is 1.00 bits per heavy atom. The summed E-state index contributed by atoms with van der Waals surface area (Å²) >= 11 is 0. The molecule has 2 unspecified atom stereocenters. The molecule has 0 spiro atoms. The van der Waals surface area contributed by atoms with Gasteiger partial charge in [-0.25, -0.2) is 0 Å². The molecular weight excluding hydrogens is 256 g/mol. The molecule has 0 radical (unpaired) electrons. The average molecular weight is 286 g/mol. The Morgan fingerprint density at radius 3 is 1.20 bits per heavy atom. The van der Waals surface area contributed by atoms with Crippen LogP contribution in [0.25, 0.3) is 0 Å². The molecule has 4 heteroatoms. The van der Waals surface area contributed by atoms with Crippen LogP contribution >= 0.6 is 0 Å². The van der Waals surface area contributed by atoms with Gasteiger partial charge in [-0.3, -0.25) is 9.59 Å². The molecule has 0 aromatic heterocycles. The lowest BCUT2D eigenvalue weighted by atomic mass is 9.95. The molecule has 0 N–H and O–H groups in total. The Balaban J connectivity index is 4.35. The number of rotatable bonds is 5. The van der Waals surface area contributed by atoms with Gasteiger partial charge in [-0.2, -0.15) is 0 Å². The van der Waals surface area contributed by atoms with Crippen LogP contribution in [0, 0.1) is 22.7 Å². The Labute approximate surface area is 123 Å². The maximum Gasteiger partial charge on any atom is 0.309 e. The molecule has 2 atom stereocenters. The summed E-state index contributed by atoms with van der Waals surface area (Å²) < 4.78 is 10.5. The Kier molecular flexibility index (Phi) is 6.72. The summed E-state index contributed by atoms with van der Waals surface area (Å²) in [6.07, 6.45) is 0. The van der Waals surface area contributed by atoms with Gasteiger partial charge in [0, 0.05) is 0 Å². The number of hydrogen-bond acceptors (Lipinski definition) is 4. The fourth-order valence-electron chi connectivity index (χ4n) is 1.25. The van der Waals surface area contributed by atoms with Crippen LogP contribution in [0.15, 0.2) is 0 Å². The highest BCUT2D eigenvalue weighted by Gasteiger charge is 2.30.